The van der Waals surface area contributed by atoms with Gasteiger partial charge in [-0.1, -0.05) is 0 Å². The Kier molecular flexibility index (Phi) is 1.31. The number of rotatable bonds is 0. The van der Waals surface area contributed by atoms with Crippen molar-refractivity contribution in [2.24, 2.45) is 4.99 Å². The molecule has 1 nitrogen and oxygen atoms in total. The predicted octanol–water partition coefficient (Wildman–Crippen LogP) is 1.56. The zero-order valence-electron chi connectivity index (χ0n) is 4.44. The van der Waals surface area contributed by atoms with E-state index in [0.29, 0.717) is 0 Å². The normalized spacial score (nSPS) is 18.3. The highest BCUT2D eigenvalue weighted by Gasteiger charge is 2.33. The van der Waals surface area contributed by atoms with E-state index in [2.05, 4.69) is 4.99 Å². The van der Waals surface area contributed by atoms with Gasteiger partial charge in [-0.25, -0.2) is 0 Å². The predicted molar refractivity (Wildman–Crippen MR) is 27.5 cm³/mol. The van der Waals surface area contributed by atoms with Crippen LogP contribution in [-0.4, -0.2) is 18.9 Å². The van der Waals surface area contributed by atoms with Crippen LogP contribution in [0.3, 0.4) is 0 Å². The fourth-order valence-corrected chi connectivity index (χ4v) is 0.531. The van der Waals surface area contributed by atoms with E-state index in [4.69, 9.17) is 0 Å². The molecule has 50 valence electrons. The Morgan fingerprint density at radius 3 is 2.33 bits per heavy atom. The molecule has 0 aromatic carbocycles. The lowest BCUT2D eigenvalue weighted by Gasteiger charge is -2.03. The van der Waals surface area contributed by atoms with Crippen LogP contribution in [0.5, 0.6) is 0 Å². The minimum Gasteiger partial charge on any atom is -0.288 e. The summed E-state index contributed by atoms with van der Waals surface area (Å²) in [6.45, 7) is -0.219. The lowest BCUT2D eigenvalue weighted by molar-refractivity contribution is -0.0916. The average Bonchev–Trinajstić information content (AvgIpc) is 2.08. The fourth-order valence-electron chi connectivity index (χ4n) is 0.531. The van der Waals surface area contributed by atoms with Crippen LogP contribution in [0.25, 0.3) is 0 Å². The summed E-state index contributed by atoms with van der Waals surface area (Å²) >= 11 is 0. The van der Waals surface area contributed by atoms with Crippen molar-refractivity contribution in [3.8, 4) is 0 Å². The lowest BCUT2D eigenvalue weighted by atomic mass is 10.3. The third-order valence-electron chi connectivity index (χ3n) is 1.01. The molecule has 0 saturated carbocycles. The van der Waals surface area contributed by atoms with E-state index in [1.807, 2.05) is 0 Å². The highest BCUT2D eigenvalue weighted by molar-refractivity contribution is 5.75. The van der Waals surface area contributed by atoms with Crippen molar-refractivity contribution in [1.29, 1.82) is 0 Å². The van der Waals surface area contributed by atoms with Crippen molar-refractivity contribution < 1.29 is 13.2 Å². The zero-order valence-corrected chi connectivity index (χ0v) is 4.44. The van der Waals surface area contributed by atoms with E-state index in [1.165, 1.54) is 6.21 Å². The minimum atomic E-state index is -4.18. The van der Waals surface area contributed by atoms with Gasteiger partial charge in [0.1, 0.15) is 0 Å². The lowest BCUT2D eigenvalue weighted by Crippen LogP contribution is -2.12. The number of alkyl halides is 3. The molecule has 4 heteroatoms. The molecule has 0 radical (unpaired) electrons. The first kappa shape index (κ1) is 6.32. The minimum absolute atomic E-state index is 0.219. The highest BCUT2D eigenvalue weighted by atomic mass is 19.4. The van der Waals surface area contributed by atoms with E-state index in [0.717, 1.165) is 6.08 Å². The van der Waals surface area contributed by atoms with Gasteiger partial charge in [0.2, 0.25) is 0 Å². The summed E-state index contributed by atoms with van der Waals surface area (Å²) in [6.07, 6.45) is -2.03. The first-order valence-corrected chi connectivity index (χ1v) is 2.37. The van der Waals surface area contributed by atoms with Crippen LogP contribution in [0, 0.1) is 0 Å². The standard InChI is InChI=1S/C5H4F3N/c6-5(7,8)4-1-2-9-3-4/h1-2H,3H2. The third-order valence-corrected chi connectivity index (χ3v) is 1.01. The summed E-state index contributed by atoms with van der Waals surface area (Å²) in [4.78, 5) is 3.39. The maximum absolute atomic E-state index is 11.6. The molecule has 0 atom stereocenters. The summed E-state index contributed by atoms with van der Waals surface area (Å²) in [6, 6.07) is 0. The van der Waals surface area contributed by atoms with Crippen LogP contribution in [0.2, 0.25) is 0 Å². The van der Waals surface area contributed by atoms with Gasteiger partial charge in [-0.3, -0.25) is 4.99 Å². The smallest absolute Gasteiger partial charge is 0.288 e. The van der Waals surface area contributed by atoms with Gasteiger partial charge in [-0.2, -0.15) is 13.2 Å². The molecule has 0 fully saturated rings. The molecule has 0 saturated heterocycles. The second-order valence-corrected chi connectivity index (χ2v) is 1.68. The van der Waals surface area contributed by atoms with E-state index < -0.39 is 11.7 Å². The number of aliphatic imine (C=N–C) groups is 1. The molecule has 9 heavy (non-hydrogen) atoms. The molecule has 0 N–H and O–H groups in total. The first-order valence-electron chi connectivity index (χ1n) is 2.37. The molecule has 0 unspecified atom stereocenters. The van der Waals surface area contributed by atoms with Gasteiger partial charge in [0, 0.05) is 6.21 Å². The SMILES string of the molecule is FC(F)(F)C1=CC=NC1. The second kappa shape index (κ2) is 1.86. The number of hydrogen-bond acceptors (Lipinski definition) is 1. The first-order chi connectivity index (χ1) is 4.11. The Hall–Kier alpha value is -0.800. The van der Waals surface area contributed by atoms with Crippen molar-refractivity contribution in [3.63, 3.8) is 0 Å². The summed E-state index contributed by atoms with van der Waals surface area (Å²) in [5.41, 5.74) is -0.567. The van der Waals surface area contributed by atoms with Gasteiger partial charge in [0.05, 0.1) is 12.1 Å². The molecule has 1 aliphatic heterocycles. The van der Waals surface area contributed by atoms with Gasteiger partial charge >= 0.3 is 6.18 Å². The number of allylic oxidation sites excluding steroid dienone is 1. The van der Waals surface area contributed by atoms with Crippen LogP contribution < -0.4 is 0 Å². The van der Waals surface area contributed by atoms with Crippen molar-refractivity contribution in [2.45, 2.75) is 6.18 Å². The molecule has 0 bridgehead atoms. The Morgan fingerprint density at radius 1 is 1.44 bits per heavy atom. The quantitative estimate of drug-likeness (QED) is 0.478. The van der Waals surface area contributed by atoms with Crippen molar-refractivity contribution >= 4 is 6.21 Å². The van der Waals surface area contributed by atoms with Crippen molar-refractivity contribution in [2.75, 3.05) is 6.54 Å². The van der Waals surface area contributed by atoms with E-state index in [-0.39, 0.29) is 6.54 Å². The van der Waals surface area contributed by atoms with Gasteiger partial charge in [0.15, 0.2) is 0 Å². The topological polar surface area (TPSA) is 12.4 Å². The van der Waals surface area contributed by atoms with Crippen molar-refractivity contribution in [1.82, 2.24) is 0 Å². The molecule has 1 rings (SSSR count). The second-order valence-electron chi connectivity index (χ2n) is 1.68. The van der Waals surface area contributed by atoms with Gasteiger partial charge in [-0.05, 0) is 6.08 Å². The molecule has 0 aromatic heterocycles. The summed E-state index contributed by atoms with van der Waals surface area (Å²) < 4.78 is 34.8. The summed E-state index contributed by atoms with van der Waals surface area (Å²) in [5.74, 6) is 0. The molecule has 1 aliphatic rings. The fraction of sp³-hybridized carbons (Fsp3) is 0.400. The van der Waals surface area contributed by atoms with E-state index in [1.54, 1.807) is 0 Å². The molecular weight excluding hydrogens is 131 g/mol. The Balaban J connectivity index is 2.66. The maximum atomic E-state index is 11.6. The molecule has 0 aliphatic carbocycles. The van der Waals surface area contributed by atoms with Crippen LogP contribution in [0.15, 0.2) is 16.6 Å². The van der Waals surface area contributed by atoms with E-state index in [9.17, 15) is 13.2 Å². The van der Waals surface area contributed by atoms with Crippen LogP contribution in [0.4, 0.5) is 13.2 Å². The third kappa shape index (κ3) is 1.31. The number of hydrogen-bond donors (Lipinski definition) is 0. The molecular formula is C5H4F3N. The van der Waals surface area contributed by atoms with Gasteiger partial charge in [0.25, 0.3) is 0 Å². The van der Waals surface area contributed by atoms with Crippen LogP contribution in [0.1, 0.15) is 0 Å². The number of halogens is 3. The largest absolute Gasteiger partial charge is 0.414 e. The van der Waals surface area contributed by atoms with Gasteiger partial charge < -0.3 is 0 Å². The average molecular weight is 135 g/mol. The molecule has 0 amide bonds. The summed E-state index contributed by atoms with van der Waals surface area (Å²) in [5, 5.41) is 0. The maximum Gasteiger partial charge on any atom is 0.414 e. The Morgan fingerprint density at radius 2 is 2.11 bits per heavy atom. The molecule has 0 spiro atoms. The monoisotopic (exact) mass is 135 g/mol. The van der Waals surface area contributed by atoms with Crippen LogP contribution >= 0.6 is 0 Å². The number of nitrogens with zero attached hydrogens (tertiary/aromatic N) is 1. The zero-order chi connectivity index (χ0) is 6.91. The Labute approximate surface area is 49.9 Å². The Bertz CT molecular complexity index is 166. The van der Waals surface area contributed by atoms with Gasteiger partial charge in [-0.15, -0.1) is 0 Å². The highest BCUT2D eigenvalue weighted by Crippen LogP contribution is 2.26. The van der Waals surface area contributed by atoms with Crippen LogP contribution in [-0.2, 0) is 0 Å². The van der Waals surface area contributed by atoms with E-state index >= 15 is 0 Å². The molecule has 0 aromatic rings. The van der Waals surface area contributed by atoms with Crippen molar-refractivity contribution in [3.05, 3.63) is 11.6 Å². The summed E-state index contributed by atoms with van der Waals surface area (Å²) in [7, 11) is 0. The molecule has 1 heterocycles.